The van der Waals surface area contributed by atoms with Gasteiger partial charge in [0, 0.05) is 28.9 Å². The molecule has 0 spiro atoms. The summed E-state index contributed by atoms with van der Waals surface area (Å²) in [6.45, 7) is 0. The highest BCUT2D eigenvalue weighted by Gasteiger charge is 2.10. The van der Waals surface area contributed by atoms with Crippen LogP contribution in [0.1, 0.15) is 26.3 Å². The number of halogens is 1. The molecule has 0 saturated heterocycles. The highest BCUT2D eigenvalue weighted by molar-refractivity contribution is 6.34. The van der Waals surface area contributed by atoms with Crippen molar-refractivity contribution in [2.75, 3.05) is 5.32 Å². The van der Waals surface area contributed by atoms with Gasteiger partial charge in [0.2, 0.25) is 0 Å². The minimum absolute atomic E-state index is 0.0697. The van der Waals surface area contributed by atoms with Crippen LogP contribution in [0.25, 0.3) is 0 Å². The number of nitro benzene ring substituents is 1. The van der Waals surface area contributed by atoms with Gasteiger partial charge < -0.3 is 5.32 Å². The van der Waals surface area contributed by atoms with E-state index in [0.717, 1.165) is 0 Å². The number of hydrogen-bond donors (Lipinski definition) is 2. The number of amides is 2. The van der Waals surface area contributed by atoms with Gasteiger partial charge in [-0.3, -0.25) is 19.7 Å². The van der Waals surface area contributed by atoms with Crippen molar-refractivity contribution >= 4 is 41.0 Å². The van der Waals surface area contributed by atoms with E-state index in [0.29, 0.717) is 27.4 Å². The molecule has 0 aliphatic carbocycles. The number of benzene rings is 3. The van der Waals surface area contributed by atoms with Crippen LogP contribution in [-0.2, 0) is 0 Å². The number of anilines is 1. The zero-order valence-corrected chi connectivity index (χ0v) is 16.2. The topological polar surface area (TPSA) is 114 Å². The average molecular weight is 423 g/mol. The molecule has 0 aliphatic heterocycles. The van der Waals surface area contributed by atoms with E-state index in [1.165, 1.54) is 36.5 Å². The first kappa shape index (κ1) is 20.7. The second-order valence-electron chi connectivity index (χ2n) is 6.06. The molecule has 0 unspecified atom stereocenters. The first-order chi connectivity index (χ1) is 14.4. The normalized spacial score (nSPS) is 10.6. The minimum Gasteiger partial charge on any atom is -0.322 e. The molecule has 0 bridgehead atoms. The Balaban J connectivity index is 1.60. The molecule has 3 aromatic carbocycles. The molecule has 3 aromatic rings. The lowest BCUT2D eigenvalue weighted by Gasteiger charge is -2.07. The molecule has 2 N–H and O–H groups in total. The van der Waals surface area contributed by atoms with Crippen molar-refractivity contribution in [3.63, 3.8) is 0 Å². The molecule has 0 fully saturated rings. The highest BCUT2D eigenvalue weighted by Crippen LogP contribution is 2.17. The van der Waals surface area contributed by atoms with E-state index in [1.807, 2.05) is 0 Å². The van der Waals surface area contributed by atoms with Crippen LogP contribution in [0.2, 0.25) is 5.02 Å². The van der Waals surface area contributed by atoms with E-state index in [4.69, 9.17) is 11.6 Å². The lowest BCUT2D eigenvalue weighted by Crippen LogP contribution is -2.18. The van der Waals surface area contributed by atoms with Gasteiger partial charge in [0.1, 0.15) is 0 Å². The fourth-order valence-electron chi connectivity index (χ4n) is 2.50. The van der Waals surface area contributed by atoms with E-state index in [2.05, 4.69) is 15.8 Å². The SMILES string of the molecule is O=C(N/N=C\c1cccc([N+](=O)[O-])c1)c1ccc(NC(=O)c2ccccc2Cl)cc1. The first-order valence-electron chi connectivity index (χ1n) is 8.68. The molecule has 30 heavy (non-hydrogen) atoms. The zero-order valence-electron chi connectivity index (χ0n) is 15.4. The van der Waals surface area contributed by atoms with Gasteiger partial charge in [-0.25, -0.2) is 5.43 Å². The van der Waals surface area contributed by atoms with E-state index >= 15 is 0 Å². The fraction of sp³-hybridized carbons (Fsp3) is 0. The Morgan fingerprint density at radius 2 is 1.70 bits per heavy atom. The Morgan fingerprint density at radius 3 is 2.40 bits per heavy atom. The van der Waals surface area contributed by atoms with Crippen molar-refractivity contribution in [1.82, 2.24) is 5.43 Å². The second-order valence-corrected chi connectivity index (χ2v) is 6.47. The van der Waals surface area contributed by atoms with Crippen molar-refractivity contribution < 1.29 is 14.5 Å². The van der Waals surface area contributed by atoms with Crippen LogP contribution in [0.3, 0.4) is 0 Å². The van der Waals surface area contributed by atoms with Crippen molar-refractivity contribution in [1.29, 1.82) is 0 Å². The van der Waals surface area contributed by atoms with E-state index < -0.39 is 10.8 Å². The third-order valence-corrected chi connectivity index (χ3v) is 4.31. The van der Waals surface area contributed by atoms with E-state index in [9.17, 15) is 19.7 Å². The Morgan fingerprint density at radius 1 is 0.967 bits per heavy atom. The van der Waals surface area contributed by atoms with Gasteiger partial charge in [0.05, 0.1) is 21.7 Å². The maximum Gasteiger partial charge on any atom is 0.271 e. The fourth-order valence-corrected chi connectivity index (χ4v) is 2.72. The van der Waals surface area contributed by atoms with Gasteiger partial charge in [-0.15, -0.1) is 0 Å². The third kappa shape index (κ3) is 5.27. The number of nitrogens with one attached hydrogen (secondary N) is 2. The summed E-state index contributed by atoms with van der Waals surface area (Å²) in [5, 5.41) is 17.6. The summed E-state index contributed by atoms with van der Waals surface area (Å²) < 4.78 is 0. The predicted molar refractivity (Wildman–Crippen MR) is 114 cm³/mol. The molecule has 0 heterocycles. The van der Waals surface area contributed by atoms with Gasteiger partial charge in [-0.05, 0) is 36.4 Å². The quantitative estimate of drug-likeness (QED) is 0.351. The monoisotopic (exact) mass is 422 g/mol. The van der Waals surface area contributed by atoms with Crippen LogP contribution >= 0.6 is 11.6 Å². The van der Waals surface area contributed by atoms with Crippen LogP contribution in [0.15, 0.2) is 77.9 Å². The van der Waals surface area contributed by atoms with E-state index in [1.54, 1.807) is 42.5 Å². The number of nitro groups is 1. The molecule has 0 radical (unpaired) electrons. The molecule has 8 nitrogen and oxygen atoms in total. The van der Waals surface area contributed by atoms with Crippen LogP contribution in [0, 0.1) is 10.1 Å². The average Bonchev–Trinajstić information content (AvgIpc) is 2.74. The van der Waals surface area contributed by atoms with Crippen molar-refractivity contribution in [3.8, 4) is 0 Å². The maximum absolute atomic E-state index is 12.3. The number of hydrazone groups is 1. The Bertz CT molecular complexity index is 1130. The minimum atomic E-state index is -0.512. The van der Waals surface area contributed by atoms with Gasteiger partial charge in [-0.1, -0.05) is 35.9 Å². The molecular formula is C21H15ClN4O4. The Hall–Kier alpha value is -4.04. The van der Waals surface area contributed by atoms with Crippen LogP contribution < -0.4 is 10.7 Å². The molecule has 0 atom stereocenters. The van der Waals surface area contributed by atoms with Crippen molar-refractivity contribution in [3.05, 3.63) is 105 Å². The maximum atomic E-state index is 12.3. The van der Waals surface area contributed by atoms with Crippen molar-refractivity contribution in [2.45, 2.75) is 0 Å². The Kier molecular flexibility index (Phi) is 6.51. The number of carbonyl (C=O) groups is 2. The summed E-state index contributed by atoms with van der Waals surface area (Å²) >= 11 is 6.01. The standard InChI is InChI=1S/C21H15ClN4O4/c22-19-7-2-1-6-18(19)21(28)24-16-10-8-15(9-11-16)20(27)25-23-13-14-4-3-5-17(12-14)26(29)30/h1-13H,(H,24,28)(H,25,27)/b23-13-. The van der Waals surface area contributed by atoms with Gasteiger partial charge in [0.15, 0.2) is 0 Å². The lowest BCUT2D eigenvalue weighted by atomic mass is 10.1. The summed E-state index contributed by atoms with van der Waals surface area (Å²) in [7, 11) is 0. The summed E-state index contributed by atoms with van der Waals surface area (Å²) in [6, 6.07) is 18.7. The first-order valence-corrected chi connectivity index (χ1v) is 9.05. The number of non-ortho nitro benzene ring substituents is 1. The van der Waals surface area contributed by atoms with Crippen LogP contribution in [0.5, 0.6) is 0 Å². The molecule has 2 amide bonds. The summed E-state index contributed by atoms with van der Waals surface area (Å²) in [6.07, 6.45) is 1.31. The Labute approximate surface area is 176 Å². The molecular weight excluding hydrogens is 408 g/mol. The molecule has 0 saturated carbocycles. The predicted octanol–water partition coefficient (Wildman–Crippen LogP) is 4.26. The molecule has 9 heteroatoms. The van der Waals surface area contributed by atoms with Crippen LogP contribution in [0.4, 0.5) is 11.4 Å². The number of nitrogens with zero attached hydrogens (tertiary/aromatic N) is 2. The van der Waals surface area contributed by atoms with Crippen molar-refractivity contribution in [2.24, 2.45) is 5.10 Å². The summed E-state index contributed by atoms with van der Waals surface area (Å²) in [5.41, 5.74) is 3.91. The molecule has 3 rings (SSSR count). The second kappa shape index (κ2) is 9.44. The summed E-state index contributed by atoms with van der Waals surface area (Å²) in [5.74, 6) is -0.833. The third-order valence-electron chi connectivity index (χ3n) is 3.98. The van der Waals surface area contributed by atoms with Gasteiger partial charge >= 0.3 is 0 Å². The molecule has 150 valence electrons. The van der Waals surface area contributed by atoms with E-state index in [-0.39, 0.29) is 11.6 Å². The summed E-state index contributed by atoms with van der Waals surface area (Å²) in [4.78, 5) is 34.7. The smallest absolute Gasteiger partial charge is 0.271 e. The lowest BCUT2D eigenvalue weighted by molar-refractivity contribution is -0.384. The highest BCUT2D eigenvalue weighted by atomic mass is 35.5. The number of hydrogen-bond acceptors (Lipinski definition) is 5. The molecule has 0 aliphatic rings. The molecule has 0 aromatic heterocycles. The zero-order chi connectivity index (χ0) is 21.5. The largest absolute Gasteiger partial charge is 0.322 e. The van der Waals surface area contributed by atoms with Crippen LogP contribution in [-0.4, -0.2) is 23.0 Å². The van der Waals surface area contributed by atoms with Gasteiger partial charge in [0.25, 0.3) is 17.5 Å². The number of carbonyl (C=O) groups excluding carboxylic acids is 2. The number of rotatable bonds is 6. The van der Waals surface area contributed by atoms with Gasteiger partial charge in [-0.2, -0.15) is 5.10 Å².